The Balaban J connectivity index is 2.36. The first-order chi connectivity index (χ1) is 9.33. The van der Waals surface area contributed by atoms with E-state index in [4.69, 9.17) is 9.84 Å². The summed E-state index contributed by atoms with van der Waals surface area (Å²) in [6.07, 6.45) is 6.46. The average Bonchev–Trinajstić information content (AvgIpc) is 2.64. The van der Waals surface area contributed by atoms with Gasteiger partial charge in [0.05, 0.1) is 11.5 Å². The zero-order chi connectivity index (χ0) is 15.2. The number of nitrogens with one attached hydrogen (secondary N) is 1. The van der Waals surface area contributed by atoms with Crippen LogP contribution in [-0.4, -0.2) is 35.7 Å². The Hall–Kier alpha value is -1.10. The number of hydrogen-bond donors (Lipinski definition) is 2. The van der Waals surface area contributed by atoms with Crippen LogP contribution in [0.25, 0.3) is 0 Å². The molecule has 5 heteroatoms. The Kier molecular flexibility index (Phi) is 6.46. The molecule has 1 aliphatic carbocycles. The van der Waals surface area contributed by atoms with Crippen LogP contribution >= 0.6 is 0 Å². The van der Waals surface area contributed by atoms with Crippen molar-refractivity contribution in [3.8, 4) is 0 Å². The maximum Gasteiger partial charge on any atom is 0.310 e. The third-order valence-electron chi connectivity index (χ3n) is 3.85. The Morgan fingerprint density at radius 1 is 1.25 bits per heavy atom. The van der Waals surface area contributed by atoms with Gasteiger partial charge in [-0.2, -0.15) is 0 Å². The van der Waals surface area contributed by atoms with E-state index in [0.717, 1.165) is 25.7 Å². The Bertz CT molecular complexity index is 333. The zero-order valence-electron chi connectivity index (χ0n) is 12.8. The molecule has 0 aromatic carbocycles. The largest absolute Gasteiger partial charge is 0.481 e. The van der Waals surface area contributed by atoms with Crippen molar-refractivity contribution >= 4 is 11.9 Å². The van der Waals surface area contributed by atoms with Gasteiger partial charge in [0.25, 0.3) is 0 Å². The Morgan fingerprint density at radius 3 is 2.30 bits per heavy atom. The first kappa shape index (κ1) is 17.0. The summed E-state index contributed by atoms with van der Waals surface area (Å²) in [5, 5.41) is 11.7. The van der Waals surface area contributed by atoms with Crippen LogP contribution in [0.15, 0.2) is 0 Å². The van der Waals surface area contributed by atoms with Crippen molar-refractivity contribution in [2.75, 3.05) is 6.54 Å². The number of carbonyl (C=O) groups is 2. The number of aliphatic carboxylic acids is 1. The minimum absolute atomic E-state index is 0.111. The maximum atomic E-state index is 11.9. The first-order valence-electron chi connectivity index (χ1n) is 7.49. The highest BCUT2D eigenvalue weighted by atomic mass is 16.5. The van der Waals surface area contributed by atoms with E-state index in [9.17, 15) is 9.59 Å². The molecule has 0 aliphatic heterocycles. The maximum absolute atomic E-state index is 11.9. The van der Waals surface area contributed by atoms with Crippen molar-refractivity contribution in [1.82, 2.24) is 5.32 Å². The summed E-state index contributed by atoms with van der Waals surface area (Å²) in [5.74, 6) is -1.15. The summed E-state index contributed by atoms with van der Waals surface area (Å²) >= 11 is 0. The number of ether oxygens (including phenoxy) is 1. The molecule has 116 valence electrons. The van der Waals surface area contributed by atoms with Gasteiger partial charge >= 0.3 is 5.97 Å². The monoisotopic (exact) mass is 285 g/mol. The molecular weight excluding hydrogens is 258 g/mol. The number of amides is 1. The van der Waals surface area contributed by atoms with Gasteiger partial charge in [0, 0.05) is 6.54 Å². The molecule has 0 bridgehead atoms. The van der Waals surface area contributed by atoms with E-state index < -0.39 is 17.5 Å². The highest BCUT2D eigenvalue weighted by Gasteiger charge is 2.29. The van der Waals surface area contributed by atoms with Gasteiger partial charge in [-0.3, -0.25) is 9.59 Å². The molecule has 0 radical (unpaired) electrons. The smallest absolute Gasteiger partial charge is 0.310 e. The zero-order valence-corrected chi connectivity index (χ0v) is 12.8. The minimum Gasteiger partial charge on any atom is -0.481 e. The van der Waals surface area contributed by atoms with Crippen LogP contribution in [0.4, 0.5) is 0 Å². The average molecular weight is 285 g/mol. The molecule has 0 spiro atoms. The summed E-state index contributed by atoms with van der Waals surface area (Å²) in [4.78, 5) is 22.9. The fourth-order valence-corrected chi connectivity index (χ4v) is 2.26. The minimum atomic E-state index is -0.961. The molecule has 20 heavy (non-hydrogen) atoms. The third kappa shape index (κ3) is 5.49. The fraction of sp³-hybridized carbons (Fsp3) is 0.867. The van der Waals surface area contributed by atoms with Crippen molar-refractivity contribution in [1.29, 1.82) is 0 Å². The van der Waals surface area contributed by atoms with Crippen molar-refractivity contribution in [3.05, 3.63) is 0 Å². The van der Waals surface area contributed by atoms with Gasteiger partial charge in [0.1, 0.15) is 6.10 Å². The van der Waals surface area contributed by atoms with Crippen molar-refractivity contribution in [2.24, 2.45) is 5.41 Å². The SMILES string of the molecule is CC(OC1CCCCCC1)C(=O)NCC(C)(C)C(=O)O. The lowest BCUT2D eigenvalue weighted by Gasteiger charge is -2.23. The molecular formula is C15H27NO4. The first-order valence-corrected chi connectivity index (χ1v) is 7.49. The van der Waals surface area contributed by atoms with Crippen LogP contribution in [-0.2, 0) is 14.3 Å². The quantitative estimate of drug-likeness (QED) is 0.734. The molecule has 1 unspecified atom stereocenters. The summed E-state index contributed by atoms with van der Waals surface area (Å²) < 4.78 is 5.80. The molecule has 1 fully saturated rings. The summed E-state index contributed by atoms with van der Waals surface area (Å²) in [5.41, 5.74) is -0.961. The molecule has 0 aromatic heterocycles. The number of carboxylic acid groups (broad SMARTS) is 1. The second kappa shape index (κ2) is 7.62. The van der Waals surface area contributed by atoms with Crippen LogP contribution in [0.5, 0.6) is 0 Å². The number of rotatable bonds is 6. The number of carboxylic acids is 1. The van der Waals surface area contributed by atoms with Crippen molar-refractivity contribution in [2.45, 2.75) is 71.5 Å². The van der Waals surface area contributed by atoms with E-state index in [0.29, 0.717) is 0 Å². The van der Waals surface area contributed by atoms with Crippen LogP contribution in [0, 0.1) is 5.41 Å². The van der Waals surface area contributed by atoms with Gasteiger partial charge in [-0.1, -0.05) is 25.7 Å². The summed E-state index contributed by atoms with van der Waals surface area (Å²) in [6.45, 7) is 5.02. The second-order valence-corrected chi connectivity index (χ2v) is 6.30. The van der Waals surface area contributed by atoms with E-state index >= 15 is 0 Å². The number of carbonyl (C=O) groups excluding carboxylic acids is 1. The molecule has 2 N–H and O–H groups in total. The Morgan fingerprint density at radius 2 is 1.80 bits per heavy atom. The van der Waals surface area contributed by atoms with Gasteiger partial charge in [-0.15, -0.1) is 0 Å². The van der Waals surface area contributed by atoms with Crippen molar-refractivity contribution < 1.29 is 19.4 Å². The molecule has 1 atom stereocenters. The number of hydrogen-bond acceptors (Lipinski definition) is 3. The molecule has 1 rings (SSSR count). The van der Waals surface area contributed by atoms with Gasteiger partial charge in [-0.05, 0) is 33.6 Å². The lowest BCUT2D eigenvalue weighted by molar-refractivity contribution is -0.147. The second-order valence-electron chi connectivity index (χ2n) is 6.30. The third-order valence-corrected chi connectivity index (χ3v) is 3.85. The molecule has 0 aromatic rings. The molecule has 5 nitrogen and oxygen atoms in total. The van der Waals surface area contributed by atoms with E-state index in [-0.39, 0.29) is 18.6 Å². The fourth-order valence-electron chi connectivity index (χ4n) is 2.26. The van der Waals surface area contributed by atoms with Crippen LogP contribution < -0.4 is 5.32 Å². The highest BCUT2D eigenvalue weighted by Crippen LogP contribution is 2.21. The predicted molar refractivity (Wildman–Crippen MR) is 76.5 cm³/mol. The van der Waals surface area contributed by atoms with E-state index in [1.54, 1.807) is 20.8 Å². The topological polar surface area (TPSA) is 75.6 Å². The molecule has 1 saturated carbocycles. The van der Waals surface area contributed by atoms with E-state index in [1.165, 1.54) is 12.8 Å². The molecule has 0 heterocycles. The van der Waals surface area contributed by atoms with Gasteiger partial charge in [0.15, 0.2) is 0 Å². The predicted octanol–water partition coefficient (Wildman–Crippen LogP) is 2.34. The standard InChI is InChI=1S/C15H27NO4/c1-11(20-12-8-6-4-5-7-9-12)13(17)16-10-15(2,3)14(18)19/h11-12H,4-10H2,1-3H3,(H,16,17)(H,18,19). The molecule has 1 aliphatic rings. The van der Waals surface area contributed by atoms with Crippen LogP contribution in [0.3, 0.4) is 0 Å². The van der Waals surface area contributed by atoms with Gasteiger partial charge in [0.2, 0.25) is 5.91 Å². The highest BCUT2D eigenvalue weighted by molar-refractivity contribution is 5.81. The Labute approximate surface area is 121 Å². The van der Waals surface area contributed by atoms with E-state index in [2.05, 4.69) is 5.32 Å². The van der Waals surface area contributed by atoms with Crippen LogP contribution in [0.1, 0.15) is 59.3 Å². The van der Waals surface area contributed by atoms with E-state index in [1.807, 2.05) is 0 Å². The summed E-state index contributed by atoms with van der Waals surface area (Å²) in [6, 6.07) is 0. The van der Waals surface area contributed by atoms with Crippen molar-refractivity contribution in [3.63, 3.8) is 0 Å². The lowest BCUT2D eigenvalue weighted by atomic mass is 9.94. The molecule has 1 amide bonds. The van der Waals surface area contributed by atoms with Gasteiger partial charge < -0.3 is 15.2 Å². The normalized spacial score (nSPS) is 19.1. The van der Waals surface area contributed by atoms with Crippen LogP contribution in [0.2, 0.25) is 0 Å². The lowest BCUT2D eigenvalue weighted by Crippen LogP contribution is -2.43. The summed E-state index contributed by atoms with van der Waals surface area (Å²) in [7, 11) is 0. The van der Waals surface area contributed by atoms with Gasteiger partial charge in [-0.25, -0.2) is 0 Å². The molecule has 0 saturated heterocycles.